The second-order valence-corrected chi connectivity index (χ2v) is 6.13. The fourth-order valence-electron chi connectivity index (χ4n) is 2.69. The van der Waals surface area contributed by atoms with Crippen LogP contribution in [0.1, 0.15) is 27.0 Å². The summed E-state index contributed by atoms with van der Waals surface area (Å²) in [6, 6.07) is 23.2. The highest BCUT2D eigenvalue weighted by Gasteiger charge is 2.07. The molecule has 1 N–H and O–H groups in total. The fourth-order valence-corrected chi connectivity index (χ4v) is 2.69. The van der Waals surface area contributed by atoms with Crippen LogP contribution in [0.2, 0.25) is 0 Å². The van der Waals surface area contributed by atoms with Crippen LogP contribution in [-0.2, 0) is 6.61 Å². The molecule has 0 fully saturated rings. The Kier molecular flexibility index (Phi) is 5.14. The minimum Gasteiger partial charge on any atom is -0.489 e. The highest BCUT2D eigenvalue weighted by atomic mass is 16.5. The van der Waals surface area contributed by atoms with E-state index in [4.69, 9.17) is 4.74 Å². The van der Waals surface area contributed by atoms with E-state index in [1.807, 2.05) is 68.4 Å². The van der Waals surface area contributed by atoms with Gasteiger partial charge in [0.25, 0.3) is 5.91 Å². The van der Waals surface area contributed by atoms with Gasteiger partial charge >= 0.3 is 0 Å². The minimum absolute atomic E-state index is 0.125. The highest BCUT2D eigenvalue weighted by Crippen LogP contribution is 2.17. The molecule has 0 aliphatic rings. The maximum absolute atomic E-state index is 12.4. The van der Waals surface area contributed by atoms with E-state index in [2.05, 4.69) is 11.4 Å². The van der Waals surface area contributed by atoms with Gasteiger partial charge in [-0.1, -0.05) is 36.4 Å². The zero-order valence-corrected chi connectivity index (χ0v) is 14.5. The van der Waals surface area contributed by atoms with Gasteiger partial charge in [-0.2, -0.15) is 0 Å². The van der Waals surface area contributed by atoms with Crippen molar-refractivity contribution in [3.8, 4) is 5.75 Å². The summed E-state index contributed by atoms with van der Waals surface area (Å²) in [5, 5.41) is 2.94. The Hall–Kier alpha value is -3.07. The van der Waals surface area contributed by atoms with Crippen LogP contribution in [0.5, 0.6) is 5.75 Å². The molecule has 126 valence electrons. The predicted octanol–water partition coefficient (Wildman–Crippen LogP) is 5.13. The Balaban J connectivity index is 1.62. The van der Waals surface area contributed by atoms with Crippen LogP contribution >= 0.6 is 0 Å². The summed E-state index contributed by atoms with van der Waals surface area (Å²) in [4.78, 5) is 12.4. The molecule has 0 bridgehead atoms. The third-order valence-electron chi connectivity index (χ3n) is 3.84. The molecular formula is C22H21NO2. The minimum atomic E-state index is -0.125. The quantitative estimate of drug-likeness (QED) is 0.703. The lowest BCUT2D eigenvalue weighted by atomic mass is 10.1. The lowest BCUT2D eigenvalue weighted by Gasteiger charge is -2.09. The number of ether oxygens (including phenoxy) is 1. The van der Waals surface area contributed by atoms with E-state index in [-0.39, 0.29) is 5.91 Å². The number of hydrogen-bond donors (Lipinski definition) is 1. The molecule has 0 atom stereocenters. The molecular weight excluding hydrogens is 310 g/mol. The Bertz CT molecular complexity index is 835. The van der Waals surface area contributed by atoms with E-state index < -0.39 is 0 Å². The van der Waals surface area contributed by atoms with Crippen LogP contribution in [-0.4, -0.2) is 5.91 Å². The van der Waals surface area contributed by atoms with Crippen LogP contribution < -0.4 is 10.1 Å². The van der Waals surface area contributed by atoms with Crippen LogP contribution in [0, 0.1) is 13.8 Å². The van der Waals surface area contributed by atoms with E-state index in [0.717, 1.165) is 28.1 Å². The lowest BCUT2D eigenvalue weighted by Crippen LogP contribution is -2.12. The van der Waals surface area contributed by atoms with Crippen LogP contribution in [0.15, 0.2) is 72.8 Å². The number of hydrogen-bond acceptors (Lipinski definition) is 2. The number of carbonyl (C=O) groups is 1. The first-order valence-corrected chi connectivity index (χ1v) is 8.26. The summed E-state index contributed by atoms with van der Waals surface area (Å²) in [5.74, 6) is 0.617. The van der Waals surface area contributed by atoms with Gasteiger partial charge in [0.1, 0.15) is 12.4 Å². The summed E-state index contributed by atoms with van der Waals surface area (Å²) in [5.41, 5.74) is 4.78. The molecule has 3 nitrogen and oxygen atoms in total. The normalized spacial score (nSPS) is 10.3. The summed E-state index contributed by atoms with van der Waals surface area (Å²) in [6.45, 7) is 4.54. The van der Waals surface area contributed by atoms with Crippen molar-refractivity contribution in [2.75, 3.05) is 5.32 Å². The number of aryl methyl sites for hydroxylation is 2. The molecule has 0 aliphatic carbocycles. The van der Waals surface area contributed by atoms with Gasteiger partial charge in [-0.15, -0.1) is 0 Å². The van der Waals surface area contributed by atoms with Crippen molar-refractivity contribution >= 4 is 11.6 Å². The maximum atomic E-state index is 12.4. The Morgan fingerprint density at radius 2 is 1.52 bits per heavy atom. The van der Waals surface area contributed by atoms with Gasteiger partial charge in [-0.25, -0.2) is 0 Å². The number of amides is 1. The van der Waals surface area contributed by atoms with Gasteiger partial charge < -0.3 is 10.1 Å². The van der Waals surface area contributed by atoms with Crippen molar-refractivity contribution < 1.29 is 9.53 Å². The largest absolute Gasteiger partial charge is 0.489 e. The third kappa shape index (κ3) is 4.70. The molecule has 0 aliphatic heterocycles. The number of nitrogens with one attached hydrogen (secondary N) is 1. The van der Waals surface area contributed by atoms with Gasteiger partial charge in [0, 0.05) is 11.3 Å². The second kappa shape index (κ2) is 7.67. The molecule has 0 saturated heterocycles. The number of carbonyl (C=O) groups excluding carboxylic acids is 1. The van der Waals surface area contributed by atoms with Gasteiger partial charge in [0.2, 0.25) is 0 Å². The van der Waals surface area contributed by atoms with Crippen LogP contribution in [0.4, 0.5) is 5.69 Å². The Morgan fingerprint density at radius 1 is 0.880 bits per heavy atom. The summed E-state index contributed by atoms with van der Waals surface area (Å²) in [7, 11) is 0. The first-order valence-electron chi connectivity index (χ1n) is 8.26. The van der Waals surface area contributed by atoms with Gasteiger partial charge in [-0.3, -0.25) is 4.79 Å². The molecule has 3 aromatic carbocycles. The third-order valence-corrected chi connectivity index (χ3v) is 3.84. The summed E-state index contributed by atoms with van der Waals surface area (Å²) >= 11 is 0. The molecule has 3 aromatic rings. The van der Waals surface area contributed by atoms with Crippen LogP contribution in [0.25, 0.3) is 0 Å². The number of anilines is 1. The SMILES string of the molecule is Cc1cc(C)cc(NC(=O)c2ccc(OCc3ccccc3)cc2)c1. The first kappa shape index (κ1) is 16.8. The van der Waals surface area contributed by atoms with E-state index >= 15 is 0 Å². The standard InChI is InChI=1S/C22H21NO2/c1-16-12-17(2)14-20(13-16)23-22(24)19-8-10-21(11-9-19)25-15-18-6-4-3-5-7-18/h3-14H,15H2,1-2H3,(H,23,24). The molecule has 0 saturated carbocycles. The second-order valence-electron chi connectivity index (χ2n) is 6.13. The number of rotatable bonds is 5. The zero-order chi connectivity index (χ0) is 17.6. The van der Waals surface area contributed by atoms with Crippen molar-refractivity contribution in [3.05, 3.63) is 95.1 Å². The monoisotopic (exact) mass is 331 g/mol. The summed E-state index contributed by atoms with van der Waals surface area (Å²) in [6.07, 6.45) is 0. The molecule has 3 rings (SSSR count). The number of benzene rings is 3. The Morgan fingerprint density at radius 3 is 2.16 bits per heavy atom. The molecule has 0 aromatic heterocycles. The topological polar surface area (TPSA) is 38.3 Å². The van der Waals surface area contributed by atoms with E-state index in [0.29, 0.717) is 12.2 Å². The van der Waals surface area contributed by atoms with E-state index in [1.165, 1.54) is 0 Å². The molecule has 25 heavy (non-hydrogen) atoms. The smallest absolute Gasteiger partial charge is 0.255 e. The molecule has 1 amide bonds. The van der Waals surface area contributed by atoms with Gasteiger partial charge in [0.15, 0.2) is 0 Å². The predicted molar refractivity (Wildman–Crippen MR) is 101 cm³/mol. The molecule has 0 unspecified atom stereocenters. The average molecular weight is 331 g/mol. The van der Waals surface area contributed by atoms with Crippen molar-refractivity contribution in [2.24, 2.45) is 0 Å². The van der Waals surface area contributed by atoms with E-state index in [9.17, 15) is 4.79 Å². The van der Waals surface area contributed by atoms with Gasteiger partial charge in [-0.05, 0) is 66.9 Å². The van der Waals surface area contributed by atoms with Crippen molar-refractivity contribution in [1.82, 2.24) is 0 Å². The van der Waals surface area contributed by atoms with E-state index in [1.54, 1.807) is 12.1 Å². The van der Waals surface area contributed by atoms with Gasteiger partial charge in [0.05, 0.1) is 0 Å². The zero-order valence-electron chi connectivity index (χ0n) is 14.5. The van der Waals surface area contributed by atoms with Crippen molar-refractivity contribution in [3.63, 3.8) is 0 Å². The highest BCUT2D eigenvalue weighted by molar-refractivity contribution is 6.04. The maximum Gasteiger partial charge on any atom is 0.255 e. The molecule has 3 heteroatoms. The first-order chi connectivity index (χ1) is 12.1. The molecule has 0 radical (unpaired) electrons. The van der Waals surface area contributed by atoms with Crippen molar-refractivity contribution in [1.29, 1.82) is 0 Å². The summed E-state index contributed by atoms with van der Waals surface area (Å²) < 4.78 is 5.74. The fraction of sp³-hybridized carbons (Fsp3) is 0.136. The Labute approximate surface area is 148 Å². The van der Waals surface area contributed by atoms with Crippen molar-refractivity contribution in [2.45, 2.75) is 20.5 Å². The van der Waals surface area contributed by atoms with Crippen LogP contribution in [0.3, 0.4) is 0 Å². The lowest BCUT2D eigenvalue weighted by molar-refractivity contribution is 0.102. The molecule has 0 spiro atoms. The average Bonchev–Trinajstić information content (AvgIpc) is 2.60. The molecule has 0 heterocycles.